The van der Waals surface area contributed by atoms with Gasteiger partial charge in [0.2, 0.25) is 0 Å². The zero-order valence-corrected chi connectivity index (χ0v) is 11.7. The number of rotatable bonds is 3. The predicted molar refractivity (Wildman–Crippen MR) is 74.9 cm³/mol. The summed E-state index contributed by atoms with van der Waals surface area (Å²) in [5.74, 6) is 0. The zero-order valence-electron chi connectivity index (χ0n) is 10.8. The molecule has 2 nitrogen and oxygen atoms in total. The maximum Gasteiger partial charge on any atom is 0.101 e. The quantitative estimate of drug-likeness (QED) is 0.907. The summed E-state index contributed by atoms with van der Waals surface area (Å²) in [5.41, 5.74) is 3.44. The first-order valence-corrected chi connectivity index (χ1v) is 6.77. The molecule has 0 radical (unpaired) electrons. The molecule has 0 fully saturated rings. The smallest absolute Gasteiger partial charge is 0.101 e. The van der Waals surface area contributed by atoms with Gasteiger partial charge in [0.15, 0.2) is 0 Å². The van der Waals surface area contributed by atoms with Crippen LogP contribution in [-0.2, 0) is 0 Å². The molecule has 1 aromatic heterocycles. The second-order valence-electron chi connectivity index (χ2n) is 4.45. The van der Waals surface area contributed by atoms with Crippen molar-refractivity contribution < 1.29 is 5.11 Å². The average molecular weight is 259 g/mol. The molecule has 1 aromatic carbocycles. The maximum absolute atomic E-state index is 9.42. The maximum atomic E-state index is 9.42. The summed E-state index contributed by atoms with van der Waals surface area (Å²) in [6, 6.07) is 10.3. The van der Waals surface area contributed by atoms with E-state index < -0.39 is 6.10 Å². The second-order valence-corrected chi connectivity index (χ2v) is 5.55. The van der Waals surface area contributed by atoms with Crippen LogP contribution in [0, 0.1) is 13.8 Å². The van der Waals surface area contributed by atoms with Gasteiger partial charge in [0.1, 0.15) is 5.03 Å². The van der Waals surface area contributed by atoms with E-state index in [1.807, 2.05) is 12.1 Å². The van der Waals surface area contributed by atoms with Crippen LogP contribution in [0.4, 0.5) is 0 Å². The van der Waals surface area contributed by atoms with E-state index in [0.29, 0.717) is 0 Å². The fourth-order valence-corrected chi connectivity index (χ4v) is 2.45. The Morgan fingerprint density at radius 3 is 2.44 bits per heavy atom. The SMILES string of the molecule is Cc1ccc(Sc2ccc([C@@H](C)O)cn2)cc1C. The van der Waals surface area contributed by atoms with Crippen molar-refractivity contribution in [2.45, 2.75) is 36.8 Å². The second kappa shape index (κ2) is 5.55. The van der Waals surface area contributed by atoms with Crippen molar-refractivity contribution in [2.24, 2.45) is 0 Å². The van der Waals surface area contributed by atoms with Crippen LogP contribution in [-0.4, -0.2) is 10.1 Å². The third-order valence-corrected chi connectivity index (χ3v) is 3.88. The van der Waals surface area contributed by atoms with E-state index in [1.165, 1.54) is 16.0 Å². The molecule has 94 valence electrons. The molecular formula is C15H17NOS. The van der Waals surface area contributed by atoms with Crippen LogP contribution >= 0.6 is 11.8 Å². The Labute approximate surface area is 112 Å². The van der Waals surface area contributed by atoms with Gasteiger partial charge in [-0.3, -0.25) is 0 Å². The monoisotopic (exact) mass is 259 g/mol. The molecule has 18 heavy (non-hydrogen) atoms. The fraction of sp³-hybridized carbons (Fsp3) is 0.267. The van der Waals surface area contributed by atoms with Crippen molar-refractivity contribution in [1.82, 2.24) is 4.98 Å². The first-order chi connectivity index (χ1) is 8.56. The molecule has 0 aliphatic carbocycles. The van der Waals surface area contributed by atoms with Crippen molar-refractivity contribution >= 4 is 11.8 Å². The van der Waals surface area contributed by atoms with Crippen LogP contribution < -0.4 is 0 Å². The Hall–Kier alpha value is -1.32. The summed E-state index contributed by atoms with van der Waals surface area (Å²) in [6.45, 7) is 5.97. The molecule has 1 atom stereocenters. The Bertz CT molecular complexity index is 535. The van der Waals surface area contributed by atoms with Gasteiger partial charge in [-0.1, -0.05) is 23.9 Å². The van der Waals surface area contributed by atoms with Crippen molar-refractivity contribution in [2.75, 3.05) is 0 Å². The highest BCUT2D eigenvalue weighted by Gasteiger charge is 2.03. The summed E-state index contributed by atoms with van der Waals surface area (Å²) in [4.78, 5) is 5.54. The molecule has 2 rings (SSSR count). The van der Waals surface area contributed by atoms with E-state index in [9.17, 15) is 5.11 Å². The molecule has 0 saturated heterocycles. The highest BCUT2D eigenvalue weighted by Crippen LogP contribution is 2.28. The van der Waals surface area contributed by atoms with Gasteiger partial charge < -0.3 is 5.11 Å². The molecule has 0 aliphatic heterocycles. The van der Waals surface area contributed by atoms with Crippen LogP contribution in [0.25, 0.3) is 0 Å². The van der Waals surface area contributed by atoms with Crippen molar-refractivity contribution in [3.8, 4) is 0 Å². The number of hydrogen-bond acceptors (Lipinski definition) is 3. The lowest BCUT2D eigenvalue weighted by molar-refractivity contribution is 0.198. The number of nitrogens with zero attached hydrogens (tertiary/aromatic N) is 1. The third-order valence-electron chi connectivity index (χ3n) is 2.94. The number of pyridine rings is 1. The lowest BCUT2D eigenvalue weighted by Gasteiger charge is -2.06. The summed E-state index contributed by atoms with van der Waals surface area (Å²) in [7, 11) is 0. The van der Waals surface area contributed by atoms with Gasteiger partial charge in [0, 0.05) is 11.1 Å². The number of hydrogen-bond donors (Lipinski definition) is 1. The normalized spacial score (nSPS) is 12.4. The molecule has 1 N–H and O–H groups in total. The van der Waals surface area contributed by atoms with E-state index in [0.717, 1.165) is 10.6 Å². The molecule has 2 aromatic rings. The molecule has 0 unspecified atom stereocenters. The highest BCUT2D eigenvalue weighted by atomic mass is 32.2. The van der Waals surface area contributed by atoms with Gasteiger partial charge in [0.05, 0.1) is 6.10 Å². The average Bonchev–Trinajstić information content (AvgIpc) is 2.34. The highest BCUT2D eigenvalue weighted by molar-refractivity contribution is 7.99. The van der Waals surface area contributed by atoms with Gasteiger partial charge in [-0.25, -0.2) is 4.98 Å². The lowest BCUT2D eigenvalue weighted by atomic mass is 10.1. The van der Waals surface area contributed by atoms with E-state index in [-0.39, 0.29) is 0 Å². The van der Waals surface area contributed by atoms with Gasteiger partial charge in [-0.2, -0.15) is 0 Å². The van der Waals surface area contributed by atoms with Gasteiger partial charge in [0.25, 0.3) is 0 Å². The summed E-state index contributed by atoms with van der Waals surface area (Å²) >= 11 is 1.64. The van der Waals surface area contributed by atoms with Crippen molar-refractivity contribution in [3.63, 3.8) is 0 Å². The van der Waals surface area contributed by atoms with Crippen molar-refractivity contribution in [3.05, 3.63) is 53.2 Å². The first kappa shape index (κ1) is 13.1. The van der Waals surface area contributed by atoms with E-state index in [2.05, 4.69) is 37.0 Å². The summed E-state index contributed by atoms with van der Waals surface area (Å²) < 4.78 is 0. The van der Waals surface area contributed by atoms with Crippen LogP contribution in [0.2, 0.25) is 0 Å². The van der Waals surface area contributed by atoms with Crippen LogP contribution in [0.3, 0.4) is 0 Å². The van der Waals surface area contributed by atoms with E-state index >= 15 is 0 Å². The summed E-state index contributed by atoms with van der Waals surface area (Å²) in [6.07, 6.45) is 1.27. The Morgan fingerprint density at radius 1 is 1.11 bits per heavy atom. The molecule has 0 saturated carbocycles. The third kappa shape index (κ3) is 3.12. The standard InChI is InChI=1S/C15H17NOS/c1-10-4-6-14(8-11(10)2)18-15-7-5-13(9-16-15)12(3)17/h4-9,12,17H,1-3H3/t12-/m1/s1. The minimum absolute atomic E-state index is 0.460. The number of aryl methyl sites for hydroxylation is 2. The largest absolute Gasteiger partial charge is 0.389 e. The number of aliphatic hydroxyl groups is 1. The predicted octanol–water partition coefficient (Wildman–Crippen LogP) is 3.90. The topological polar surface area (TPSA) is 33.1 Å². The molecule has 1 heterocycles. The molecular weight excluding hydrogens is 242 g/mol. The van der Waals surface area contributed by atoms with E-state index in [4.69, 9.17) is 0 Å². The molecule has 0 bridgehead atoms. The van der Waals surface area contributed by atoms with Crippen LogP contribution in [0.5, 0.6) is 0 Å². The Morgan fingerprint density at radius 2 is 1.89 bits per heavy atom. The van der Waals surface area contributed by atoms with Crippen LogP contribution in [0.15, 0.2) is 46.5 Å². The number of benzene rings is 1. The minimum Gasteiger partial charge on any atom is -0.389 e. The van der Waals surface area contributed by atoms with E-state index in [1.54, 1.807) is 24.9 Å². The molecule has 0 spiro atoms. The minimum atomic E-state index is -0.460. The Balaban J connectivity index is 2.15. The first-order valence-electron chi connectivity index (χ1n) is 5.95. The van der Waals surface area contributed by atoms with Crippen LogP contribution in [0.1, 0.15) is 29.7 Å². The molecule has 0 amide bonds. The Kier molecular flexibility index (Phi) is 4.04. The zero-order chi connectivity index (χ0) is 13.1. The molecule has 3 heteroatoms. The molecule has 0 aliphatic rings. The van der Waals surface area contributed by atoms with Crippen molar-refractivity contribution in [1.29, 1.82) is 0 Å². The van der Waals surface area contributed by atoms with Gasteiger partial charge in [-0.05, 0) is 55.7 Å². The van der Waals surface area contributed by atoms with Gasteiger partial charge in [-0.15, -0.1) is 0 Å². The van der Waals surface area contributed by atoms with Gasteiger partial charge >= 0.3 is 0 Å². The fourth-order valence-electron chi connectivity index (χ4n) is 1.60. The lowest BCUT2D eigenvalue weighted by Crippen LogP contribution is -1.92. The number of aliphatic hydroxyl groups excluding tert-OH is 1. The summed E-state index contributed by atoms with van der Waals surface area (Å²) in [5, 5.41) is 10.4. The number of aromatic nitrogens is 1.